The normalized spacial score (nSPS) is 11.8. The van der Waals surface area contributed by atoms with Crippen molar-refractivity contribution in [2.45, 2.75) is 32.9 Å². The van der Waals surface area contributed by atoms with Gasteiger partial charge in [0.1, 0.15) is 18.1 Å². The molecule has 2 amide bonds. The molecule has 10 heteroatoms. The zero-order chi connectivity index (χ0) is 26.4. The van der Waals surface area contributed by atoms with E-state index in [-0.39, 0.29) is 11.8 Å². The van der Waals surface area contributed by atoms with Crippen LogP contribution in [0.15, 0.2) is 67.3 Å². The van der Waals surface area contributed by atoms with Gasteiger partial charge in [-0.3, -0.25) is 4.79 Å². The number of imidazole rings is 1. The fraction of sp³-hybridized carbons (Fsp3) is 0.296. The molecule has 2 N–H and O–H groups in total. The molecular weight excluding hydrogens is 470 g/mol. The summed E-state index contributed by atoms with van der Waals surface area (Å²) in [5.74, 6) is 1.03. The van der Waals surface area contributed by atoms with Gasteiger partial charge in [-0.05, 0) is 42.2 Å². The molecule has 0 aliphatic heterocycles. The van der Waals surface area contributed by atoms with Crippen LogP contribution in [0.25, 0.3) is 11.2 Å². The highest BCUT2D eigenvalue weighted by Crippen LogP contribution is 2.21. The third-order valence-electron chi connectivity index (χ3n) is 5.62. The number of hydrogen-bond donors (Lipinski definition) is 2. The van der Waals surface area contributed by atoms with Gasteiger partial charge in [-0.1, -0.05) is 44.2 Å². The SMILES string of the molecule is CC(C)CC(NC(=O)Oc1ccccc1)C(=O)Nc1cccc(Cn2cnc3c(N(C)C)ncnc32)c1. The number of fused-ring (bicyclic) bond motifs is 1. The number of amides is 2. The maximum Gasteiger partial charge on any atom is 0.413 e. The Hall–Kier alpha value is -4.47. The summed E-state index contributed by atoms with van der Waals surface area (Å²) in [6, 6.07) is 15.5. The lowest BCUT2D eigenvalue weighted by Gasteiger charge is -2.20. The summed E-state index contributed by atoms with van der Waals surface area (Å²) in [6.07, 6.45) is 3.05. The van der Waals surface area contributed by atoms with Crippen molar-refractivity contribution in [1.82, 2.24) is 24.8 Å². The number of rotatable bonds is 9. The lowest BCUT2D eigenvalue weighted by molar-refractivity contribution is -0.118. The van der Waals surface area contributed by atoms with E-state index < -0.39 is 12.1 Å². The Bertz CT molecular complexity index is 1370. The largest absolute Gasteiger partial charge is 0.413 e. The lowest BCUT2D eigenvalue weighted by Crippen LogP contribution is -2.45. The first-order valence-electron chi connectivity index (χ1n) is 12.1. The third-order valence-corrected chi connectivity index (χ3v) is 5.62. The molecule has 0 fully saturated rings. The lowest BCUT2D eigenvalue weighted by atomic mass is 10.0. The van der Waals surface area contributed by atoms with Gasteiger partial charge in [0.15, 0.2) is 17.0 Å². The molecular formula is C27H31N7O3. The van der Waals surface area contributed by atoms with Gasteiger partial charge in [0.05, 0.1) is 12.9 Å². The number of hydrogen-bond acceptors (Lipinski definition) is 7. The third kappa shape index (κ3) is 6.60. The van der Waals surface area contributed by atoms with Crippen LogP contribution in [0, 0.1) is 5.92 Å². The van der Waals surface area contributed by atoms with Crippen LogP contribution in [0.1, 0.15) is 25.8 Å². The van der Waals surface area contributed by atoms with Crippen molar-refractivity contribution in [3.63, 3.8) is 0 Å². The Balaban J connectivity index is 1.45. The highest BCUT2D eigenvalue weighted by atomic mass is 16.6. The van der Waals surface area contributed by atoms with Crippen LogP contribution in [0.4, 0.5) is 16.3 Å². The molecule has 0 saturated carbocycles. The van der Waals surface area contributed by atoms with Crippen LogP contribution >= 0.6 is 0 Å². The quantitative estimate of drug-likeness (QED) is 0.355. The standard InChI is InChI=1S/C27H31N7O3/c1-18(2)13-22(32-27(36)37-21-11-6-5-7-12-21)26(35)31-20-10-8-9-19(14-20)15-34-17-30-23-24(33(3)4)28-16-29-25(23)34/h5-12,14,16-18,22H,13,15H2,1-4H3,(H,31,35)(H,32,36). The number of nitrogens with zero attached hydrogens (tertiary/aromatic N) is 5. The van der Waals surface area contributed by atoms with Crippen LogP contribution in [-0.2, 0) is 11.3 Å². The number of carbonyl (C=O) groups is 2. The number of para-hydroxylation sites is 1. The summed E-state index contributed by atoms with van der Waals surface area (Å²) >= 11 is 0. The van der Waals surface area contributed by atoms with E-state index in [2.05, 4.69) is 25.6 Å². The summed E-state index contributed by atoms with van der Waals surface area (Å²) in [5, 5.41) is 5.63. The molecule has 0 spiro atoms. The Labute approximate surface area is 215 Å². The maximum atomic E-state index is 13.1. The Morgan fingerprint density at radius 1 is 1.03 bits per heavy atom. The zero-order valence-electron chi connectivity index (χ0n) is 21.4. The van der Waals surface area contributed by atoms with Gasteiger partial charge in [0.25, 0.3) is 0 Å². The molecule has 4 rings (SSSR count). The number of anilines is 2. The Morgan fingerprint density at radius 3 is 2.54 bits per heavy atom. The monoisotopic (exact) mass is 501 g/mol. The molecule has 2 heterocycles. The average molecular weight is 502 g/mol. The van der Waals surface area contributed by atoms with Gasteiger partial charge in [-0.2, -0.15) is 0 Å². The molecule has 0 aliphatic carbocycles. The van der Waals surface area contributed by atoms with Crippen molar-refractivity contribution in [3.05, 3.63) is 72.8 Å². The topological polar surface area (TPSA) is 114 Å². The van der Waals surface area contributed by atoms with E-state index in [4.69, 9.17) is 4.74 Å². The first-order valence-corrected chi connectivity index (χ1v) is 12.1. The average Bonchev–Trinajstić information content (AvgIpc) is 3.27. The molecule has 4 aromatic rings. The Kier molecular flexibility index (Phi) is 7.97. The molecule has 2 aromatic carbocycles. The maximum absolute atomic E-state index is 13.1. The molecule has 37 heavy (non-hydrogen) atoms. The minimum absolute atomic E-state index is 0.183. The molecule has 192 valence electrons. The van der Waals surface area contributed by atoms with E-state index in [9.17, 15) is 9.59 Å². The van der Waals surface area contributed by atoms with Gasteiger partial charge in [-0.15, -0.1) is 0 Å². The predicted octanol–water partition coefficient (Wildman–Crippen LogP) is 4.08. The number of benzene rings is 2. The minimum atomic E-state index is -0.751. The van der Waals surface area contributed by atoms with Crippen LogP contribution < -0.4 is 20.3 Å². The van der Waals surface area contributed by atoms with Crippen molar-refractivity contribution in [2.24, 2.45) is 5.92 Å². The highest BCUT2D eigenvalue weighted by Gasteiger charge is 2.23. The van der Waals surface area contributed by atoms with Gasteiger partial charge in [-0.25, -0.2) is 19.7 Å². The van der Waals surface area contributed by atoms with Crippen LogP contribution in [-0.4, -0.2) is 51.7 Å². The van der Waals surface area contributed by atoms with Gasteiger partial charge >= 0.3 is 6.09 Å². The Morgan fingerprint density at radius 2 is 1.81 bits per heavy atom. The summed E-state index contributed by atoms with van der Waals surface area (Å²) < 4.78 is 7.25. The molecule has 1 unspecified atom stereocenters. The highest BCUT2D eigenvalue weighted by molar-refractivity contribution is 5.96. The van der Waals surface area contributed by atoms with Gasteiger partial charge in [0, 0.05) is 19.8 Å². The predicted molar refractivity (Wildman–Crippen MR) is 143 cm³/mol. The van der Waals surface area contributed by atoms with Crippen molar-refractivity contribution in [2.75, 3.05) is 24.3 Å². The van der Waals surface area contributed by atoms with Crippen LogP contribution in [0.2, 0.25) is 0 Å². The summed E-state index contributed by atoms with van der Waals surface area (Å²) in [7, 11) is 3.82. The zero-order valence-corrected chi connectivity index (χ0v) is 21.4. The van der Waals surface area contributed by atoms with Gasteiger partial charge in [0.2, 0.25) is 5.91 Å². The second kappa shape index (κ2) is 11.5. The second-order valence-corrected chi connectivity index (χ2v) is 9.36. The molecule has 0 radical (unpaired) electrons. The smallest absolute Gasteiger partial charge is 0.410 e. The van der Waals surface area contributed by atoms with E-state index in [1.54, 1.807) is 30.6 Å². The fourth-order valence-electron chi connectivity index (χ4n) is 3.95. The van der Waals surface area contributed by atoms with Crippen LogP contribution in [0.5, 0.6) is 5.75 Å². The molecule has 0 saturated heterocycles. The van der Waals surface area contributed by atoms with Crippen molar-refractivity contribution in [3.8, 4) is 5.75 Å². The van der Waals surface area contributed by atoms with E-state index >= 15 is 0 Å². The van der Waals surface area contributed by atoms with Crippen molar-refractivity contribution < 1.29 is 14.3 Å². The first-order chi connectivity index (χ1) is 17.8. The second-order valence-electron chi connectivity index (χ2n) is 9.36. The molecule has 0 aliphatic rings. The number of carbonyl (C=O) groups excluding carboxylic acids is 2. The summed E-state index contributed by atoms with van der Waals surface area (Å²) in [5.41, 5.74) is 3.04. The molecule has 10 nitrogen and oxygen atoms in total. The molecule has 1 atom stereocenters. The minimum Gasteiger partial charge on any atom is -0.410 e. The number of aromatic nitrogens is 4. The summed E-state index contributed by atoms with van der Waals surface area (Å²) in [6.45, 7) is 4.50. The first kappa shape index (κ1) is 25.6. The van der Waals surface area contributed by atoms with E-state index in [0.29, 0.717) is 24.4 Å². The van der Waals surface area contributed by atoms with Crippen molar-refractivity contribution in [1.29, 1.82) is 0 Å². The number of nitrogens with one attached hydrogen (secondary N) is 2. The molecule has 0 bridgehead atoms. The van der Waals surface area contributed by atoms with E-state index in [1.807, 2.05) is 67.7 Å². The van der Waals surface area contributed by atoms with Crippen molar-refractivity contribution >= 4 is 34.7 Å². The number of ether oxygens (including phenoxy) is 1. The van der Waals surface area contributed by atoms with E-state index in [0.717, 1.165) is 22.5 Å². The molecule has 2 aromatic heterocycles. The summed E-state index contributed by atoms with van der Waals surface area (Å²) in [4.78, 5) is 40.6. The van der Waals surface area contributed by atoms with Gasteiger partial charge < -0.3 is 24.8 Å². The fourth-order valence-corrected chi connectivity index (χ4v) is 3.95. The van der Waals surface area contributed by atoms with E-state index in [1.165, 1.54) is 6.33 Å². The van der Waals surface area contributed by atoms with Crippen LogP contribution in [0.3, 0.4) is 0 Å².